The first-order valence-corrected chi connectivity index (χ1v) is 5.17. The maximum absolute atomic E-state index is 11.3. The van der Waals surface area contributed by atoms with Crippen molar-refractivity contribution in [1.29, 1.82) is 0 Å². The first kappa shape index (κ1) is 13.7. The van der Waals surface area contributed by atoms with Crippen molar-refractivity contribution in [1.82, 2.24) is 0 Å². The van der Waals surface area contributed by atoms with Crippen molar-refractivity contribution >= 4 is 11.9 Å². The van der Waals surface area contributed by atoms with Crippen LogP contribution in [0.5, 0.6) is 0 Å². The molecule has 4 heteroatoms. The van der Waals surface area contributed by atoms with Crippen molar-refractivity contribution < 1.29 is 19.4 Å². The summed E-state index contributed by atoms with van der Waals surface area (Å²) in [4.78, 5) is 21.7. The Bertz CT molecular complexity index is 243. The molecule has 0 spiro atoms. The number of carbonyl (C=O) groups is 2. The number of hydrogen-bond acceptors (Lipinski definition) is 4. The monoisotopic (exact) mass is 213 g/mol. The summed E-state index contributed by atoms with van der Waals surface area (Å²) in [7, 11) is 0. The molecule has 0 aliphatic carbocycles. The van der Waals surface area contributed by atoms with Gasteiger partial charge < -0.3 is 14.6 Å². The predicted molar refractivity (Wildman–Crippen MR) is 53.9 cm³/mol. The van der Waals surface area contributed by atoms with Gasteiger partial charge in [0.1, 0.15) is 0 Å². The second kappa shape index (κ2) is 8.03. The zero-order chi connectivity index (χ0) is 11.7. The molecule has 0 rings (SSSR count). The number of rotatable bonds is 7. The van der Waals surface area contributed by atoms with Crippen molar-refractivity contribution in [3.05, 3.63) is 11.6 Å². The SMILES string of the molecule is CCCC/C=C(\CC(=O)[O-])C(=O)OCC. The second-order valence-electron chi connectivity index (χ2n) is 3.14. The van der Waals surface area contributed by atoms with Gasteiger partial charge >= 0.3 is 5.97 Å². The third kappa shape index (κ3) is 6.71. The van der Waals surface area contributed by atoms with E-state index in [0.29, 0.717) is 6.42 Å². The average Bonchev–Trinajstić information content (AvgIpc) is 2.16. The third-order valence-corrected chi connectivity index (χ3v) is 1.82. The van der Waals surface area contributed by atoms with Crippen LogP contribution in [0.3, 0.4) is 0 Å². The molecular weight excluding hydrogens is 196 g/mol. The zero-order valence-electron chi connectivity index (χ0n) is 9.25. The number of carboxylic acid groups (broad SMARTS) is 1. The first-order chi connectivity index (χ1) is 7.11. The lowest BCUT2D eigenvalue weighted by Crippen LogP contribution is -2.24. The number of esters is 1. The van der Waals surface area contributed by atoms with Gasteiger partial charge in [-0.3, -0.25) is 0 Å². The fourth-order valence-corrected chi connectivity index (χ4v) is 1.09. The van der Waals surface area contributed by atoms with E-state index in [1.165, 1.54) is 0 Å². The van der Waals surface area contributed by atoms with Gasteiger partial charge in [-0.15, -0.1) is 0 Å². The third-order valence-electron chi connectivity index (χ3n) is 1.82. The van der Waals surface area contributed by atoms with Crippen LogP contribution in [0.1, 0.15) is 39.5 Å². The highest BCUT2D eigenvalue weighted by atomic mass is 16.5. The summed E-state index contributed by atoms with van der Waals surface area (Å²) in [6.45, 7) is 3.95. The maximum Gasteiger partial charge on any atom is 0.334 e. The summed E-state index contributed by atoms with van der Waals surface area (Å²) in [6.07, 6.45) is 3.87. The molecule has 86 valence electrons. The van der Waals surface area contributed by atoms with Gasteiger partial charge in [0, 0.05) is 18.0 Å². The second-order valence-corrected chi connectivity index (χ2v) is 3.14. The molecule has 0 unspecified atom stereocenters. The van der Waals surface area contributed by atoms with Gasteiger partial charge in [0.05, 0.1) is 6.61 Å². The summed E-state index contributed by atoms with van der Waals surface area (Å²) in [6, 6.07) is 0. The molecule has 0 bridgehead atoms. The topological polar surface area (TPSA) is 66.4 Å². The minimum Gasteiger partial charge on any atom is -0.550 e. The van der Waals surface area contributed by atoms with Crippen molar-refractivity contribution in [3.8, 4) is 0 Å². The van der Waals surface area contributed by atoms with Crippen molar-refractivity contribution in [2.75, 3.05) is 6.61 Å². The van der Waals surface area contributed by atoms with Crippen LogP contribution < -0.4 is 5.11 Å². The van der Waals surface area contributed by atoms with Crippen LogP contribution in [-0.2, 0) is 14.3 Å². The Balaban J connectivity index is 4.35. The Kier molecular flexibility index (Phi) is 7.32. The lowest BCUT2D eigenvalue weighted by molar-refractivity contribution is -0.304. The van der Waals surface area contributed by atoms with E-state index in [1.54, 1.807) is 13.0 Å². The summed E-state index contributed by atoms with van der Waals surface area (Å²) in [5, 5.41) is 10.4. The number of carboxylic acids is 1. The van der Waals surface area contributed by atoms with E-state index in [9.17, 15) is 14.7 Å². The highest BCUT2D eigenvalue weighted by Crippen LogP contribution is 2.07. The molecule has 0 amide bonds. The Morgan fingerprint density at radius 1 is 1.33 bits per heavy atom. The van der Waals surface area contributed by atoms with Crippen molar-refractivity contribution in [2.45, 2.75) is 39.5 Å². The molecule has 4 nitrogen and oxygen atoms in total. The fraction of sp³-hybridized carbons (Fsp3) is 0.636. The van der Waals surface area contributed by atoms with Crippen LogP contribution in [0, 0.1) is 0 Å². The van der Waals surface area contributed by atoms with Crippen LogP contribution in [-0.4, -0.2) is 18.5 Å². The van der Waals surface area contributed by atoms with E-state index in [1.807, 2.05) is 6.92 Å². The highest BCUT2D eigenvalue weighted by molar-refractivity contribution is 5.93. The van der Waals surface area contributed by atoms with Crippen molar-refractivity contribution in [3.63, 3.8) is 0 Å². The van der Waals surface area contributed by atoms with E-state index in [2.05, 4.69) is 0 Å². The van der Waals surface area contributed by atoms with E-state index in [0.717, 1.165) is 12.8 Å². The van der Waals surface area contributed by atoms with E-state index >= 15 is 0 Å². The lowest BCUT2D eigenvalue weighted by atomic mass is 10.1. The molecule has 0 saturated heterocycles. The minimum atomic E-state index is -1.26. The largest absolute Gasteiger partial charge is 0.550 e. The van der Waals surface area contributed by atoms with Crippen LogP contribution in [0.4, 0.5) is 0 Å². The molecular formula is C11H17O4-. The smallest absolute Gasteiger partial charge is 0.334 e. The van der Waals surface area contributed by atoms with Crippen LogP contribution in [0.25, 0.3) is 0 Å². The van der Waals surface area contributed by atoms with Crippen molar-refractivity contribution in [2.24, 2.45) is 0 Å². The molecule has 15 heavy (non-hydrogen) atoms. The number of ether oxygens (including phenoxy) is 1. The number of hydrogen-bond donors (Lipinski definition) is 0. The van der Waals surface area contributed by atoms with Gasteiger partial charge in [0.15, 0.2) is 0 Å². The average molecular weight is 213 g/mol. The molecule has 0 radical (unpaired) electrons. The Hall–Kier alpha value is -1.32. The van der Waals surface area contributed by atoms with Crippen LogP contribution in [0.15, 0.2) is 11.6 Å². The highest BCUT2D eigenvalue weighted by Gasteiger charge is 2.09. The lowest BCUT2D eigenvalue weighted by Gasteiger charge is -2.07. The zero-order valence-corrected chi connectivity index (χ0v) is 9.25. The molecule has 0 aliphatic rings. The molecule has 0 atom stereocenters. The molecule has 0 aromatic rings. The van der Waals surface area contributed by atoms with Crippen LogP contribution in [0.2, 0.25) is 0 Å². The number of allylic oxidation sites excluding steroid dienone is 1. The number of aliphatic carboxylic acids is 1. The minimum absolute atomic E-state index is 0.185. The maximum atomic E-state index is 11.3. The normalized spacial score (nSPS) is 11.2. The molecule has 0 aromatic carbocycles. The molecule has 0 heterocycles. The van der Waals surface area contributed by atoms with Crippen LogP contribution >= 0.6 is 0 Å². The number of carbonyl (C=O) groups excluding carboxylic acids is 2. The Labute approximate surface area is 89.9 Å². The van der Waals surface area contributed by atoms with Gasteiger partial charge in [-0.1, -0.05) is 25.8 Å². The van der Waals surface area contributed by atoms with E-state index in [-0.39, 0.29) is 18.6 Å². The molecule has 0 aromatic heterocycles. The van der Waals surface area contributed by atoms with E-state index < -0.39 is 11.9 Å². The summed E-state index contributed by atoms with van der Waals surface area (Å²) in [5.74, 6) is -1.82. The summed E-state index contributed by atoms with van der Waals surface area (Å²) in [5.41, 5.74) is 0.185. The van der Waals surface area contributed by atoms with Gasteiger partial charge in [0.2, 0.25) is 0 Å². The van der Waals surface area contributed by atoms with Gasteiger partial charge in [-0.2, -0.15) is 0 Å². The first-order valence-electron chi connectivity index (χ1n) is 5.17. The fourth-order valence-electron chi connectivity index (χ4n) is 1.09. The molecule has 0 aliphatic heterocycles. The standard InChI is InChI=1S/C11H18O4/c1-3-5-6-7-9(8-10(12)13)11(14)15-4-2/h7H,3-6,8H2,1-2H3,(H,12,13)/p-1/b9-7+. The quantitative estimate of drug-likeness (QED) is 0.356. The summed E-state index contributed by atoms with van der Waals surface area (Å²) >= 11 is 0. The molecule has 0 fully saturated rings. The summed E-state index contributed by atoms with van der Waals surface area (Å²) < 4.78 is 4.74. The van der Waals surface area contributed by atoms with Gasteiger partial charge in [-0.05, 0) is 13.3 Å². The van der Waals surface area contributed by atoms with E-state index in [4.69, 9.17) is 4.74 Å². The van der Waals surface area contributed by atoms with Gasteiger partial charge in [-0.25, -0.2) is 4.79 Å². The number of unbranched alkanes of at least 4 members (excludes halogenated alkanes) is 2. The molecule has 0 saturated carbocycles. The Morgan fingerprint density at radius 2 is 2.00 bits per heavy atom. The van der Waals surface area contributed by atoms with Gasteiger partial charge in [0.25, 0.3) is 0 Å². The predicted octanol–water partition coefficient (Wildman–Crippen LogP) is 0.806. The Morgan fingerprint density at radius 3 is 2.47 bits per heavy atom. The molecule has 0 N–H and O–H groups in total.